The van der Waals surface area contributed by atoms with Crippen molar-refractivity contribution in [3.05, 3.63) is 12.2 Å². The average Bonchev–Trinajstić information content (AvgIpc) is 2.29. The van der Waals surface area contributed by atoms with Crippen LogP contribution in [0.5, 0.6) is 0 Å². The quantitative estimate of drug-likeness (QED) is 0.415. The Kier molecular flexibility index (Phi) is 2.51. The summed E-state index contributed by atoms with van der Waals surface area (Å²) in [4.78, 5) is 21.6. The van der Waals surface area contributed by atoms with Crippen LogP contribution in [0.4, 0.5) is 0 Å². The molecule has 11 heavy (non-hydrogen) atoms. The van der Waals surface area contributed by atoms with Crippen LogP contribution in [0, 0.1) is 0 Å². The predicted octanol–water partition coefficient (Wildman–Crippen LogP) is -0.317. The van der Waals surface area contributed by atoms with Crippen molar-refractivity contribution in [3.63, 3.8) is 0 Å². The van der Waals surface area contributed by atoms with Crippen molar-refractivity contribution in [3.8, 4) is 0 Å². The molecule has 0 aliphatic heterocycles. The van der Waals surface area contributed by atoms with Crippen molar-refractivity contribution in [2.45, 2.75) is 6.10 Å². The fraction of sp³-hybridized carbons (Fsp3) is 0.429. The molecule has 0 saturated heterocycles. The third-order valence-electron chi connectivity index (χ3n) is 1.28. The van der Waals surface area contributed by atoms with Crippen LogP contribution in [0.25, 0.3) is 0 Å². The Labute approximate surface area is 63.8 Å². The standard InChI is InChI=1S/C7H8O4/c1-10-4-11-7-5(8)2-3-6(7)9/h2-3,7H,4H2,1H3. The Bertz CT molecular complexity index is 188. The number of ketones is 2. The minimum absolute atomic E-state index is 0.0379. The topological polar surface area (TPSA) is 52.6 Å². The predicted molar refractivity (Wildman–Crippen MR) is 35.9 cm³/mol. The van der Waals surface area contributed by atoms with E-state index in [9.17, 15) is 9.59 Å². The van der Waals surface area contributed by atoms with Crippen LogP contribution in [-0.4, -0.2) is 31.6 Å². The Morgan fingerprint density at radius 3 is 2.36 bits per heavy atom. The summed E-state index contributed by atoms with van der Waals surface area (Å²) in [5, 5.41) is 0. The van der Waals surface area contributed by atoms with Gasteiger partial charge >= 0.3 is 0 Å². The summed E-state index contributed by atoms with van der Waals surface area (Å²) in [5.41, 5.74) is 0. The van der Waals surface area contributed by atoms with Gasteiger partial charge in [-0.05, 0) is 12.2 Å². The fourth-order valence-electron chi connectivity index (χ4n) is 0.780. The summed E-state index contributed by atoms with van der Waals surface area (Å²) in [5.74, 6) is -0.626. The molecule has 0 atom stereocenters. The summed E-state index contributed by atoms with van der Waals surface area (Å²) in [6.07, 6.45) is 1.46. The molecule has 0 spiro atoms. The highest BCUT2D eigenvalue weighted by Crippen LogP contribution is 2.05. The maximum atomic E-state index is 10.8. The van der Waals surface area contributed by atoms with Gasteiger partial charge in [0.15, 0.2) is 17.7 Å². The van der Waals surface area contributed by atoms with Gasteiger partial charge in [-0.3, -0.25) is 9.59 Å². The number of hydrogen-bond donors (Lipinski definition) is 0. The first-order valence-electron chi connectivity index (χ1n) is 3.12. The molecule has 0 bridgehead atoms. The zero-order chi connectivity index (χ0) is 8.27. The van der Waals surface area contributed by atoms with Gasteiger partial charge in [0.05, 0.1) is 0 Å². The van der Waals surface area contributed by atoms with E-state index < -0.39 is 6.10 Å². The van der Waals surface area contributed by atoms with Crippen LogP contribution in [0.2, 0.25) is 0 Å². The lowest BCUT2D eigenvalue weighted by molar-refractivity contribution is -0.144. The van der Waals surface area contributed by atoms with Crippen LogP contribution in [-0.2, 0) is 19.1 Å². The van der Waals surface area contributed by atoms with Gasteiger partial charge in [0.1, 0.15) is 6.79 Å². The molecule has 0 heterocycles. The van der Waals surface area contributed by atoms with E-state index in [4.69, 9.17) is 4.74 Å². The highest BCUT2D eigenvalue weighted by molar-refractivity contribution is 6.21. The molecule has 60 valence electrons. The third kappa shape index (κ3) is 1.72. The SMILES string of the molecule is COCOC1C(=O)C=CC1=O. The molecule has 0 amide bonds. The largest absolute Gasteiger partial charge is 0.359 e. The minimum atomic E-state index is -0.963. The van der Waals surface area contributed by atoms with E-state index in [2.05, 4.69) is 4.74 Å². The fourth-order valence-corrected chi connectivity index (χ4v) is 0.780. The van der Waals surface area contributed by atoms with Gasteiger partial charge in [-0.25, -0.2) is 0 Å². The molecule has 0 N–H and O–H groups in total. The molecule has 0 fully saturated rings. The molecule has 0 aromatic rings. The van der Waals surface area contributed by atoms with E-state index >= 15 is 0 Å². The van der Waals surface area contributed by atoms with Crippen LogP contribution < -0.4 is 0 Å². The number of hydrogen-bond acceptors (Lipinski definition) is 4. The smallest absolute Gasteiger partial charge is 0.192 e. The number of methoxy groups -OCH3 is 1. The number of carbonyl (C=O) groups is 2. The number of carbonyl (C=O) groups excluding carboxylic acids is 2. The molecule has 0 unspecified atom stereocenters. The highest BCUT2D eigenvalue weighted by Gasteiger charge is 2.28. The maximum Gasteiger partial charge on any atom is 0.192 e. The summed E-state index contributed by atoms with van der Waals surface area (Å²) >= 11 is 0. The van der Waals surface area contributed by atoms with Gasteiger partial charge in [-0.15, -0.1) is 0 Å². The van der Waals surface area contributed by atoms with Crippen molar-refractivity contribution < 1.29 is 19.1 Å². The van der Waals surface area contributed by atoms with Gasteiger partial charge in [-0.2, -0.15) is 0 Å². The first-order valence-corrected chi connectivity index (χ1v) is 3.12. The second-order valence-electron chi connectivity index (χ2n) is 2.09. The Balaban J connectivity index is 2.46. The summed E-state index contributed by atoms with van der Waals surface area (Å²) in [6.45, 7) is -0.0379. The number of ether oxygens (including phenoxy) is 2. The van der Waals surface area contributed by atoms with Crippen molar-refractivity contribution in [1.82, 2.24) is 0 Å². The van der Waals surface area contributed by atoms with Gasteiger partial charge in [-0.1, -0.05) is 0 Å². The van der Waals surface area contributed by atoms with Crippen LogP contribution >= 0.6 is 0 Å². The molecule has 1 aliphatic rings. The Morgan fingerprint density at radius 2 is 1.91 bits per heavy atom. The molecular weight excluding hydrogens is 148 g/mol. The highest BCUT2D eigenvalue weighted by atomic mass is 16.7. The van der Waals surface area contributed by atoms with E-state index in [0.717, 1.165) is 0 Å². The van der Waals surface area contributed by atoms with Crippen molar-refractivity contribution in [2.24, 2.45) is 0 Å². The zero-order valence-corrected chi connectivity index (χ0v) is 6.07. The summed E-state index contributed by atoms with van der Waals surface area (Å²) < 4.78 is 9.34. The Morgan fingerprint density at radius 1 is 1.36 bits per heavy atom. The molecule has 4 heteroatoms. The van der Waals surface area contributed by atoms with E-state index in [1.807, 2.05) is 0 Å². The lowest BCUT2D eigenvalue weighted by Gasteiger charge is -2.06. The first kappa shape index (κ1) is 8.10. The van der Waals surface area contributed by atoms with Gasteiger partial charge in [0.25, 0.3) is 0 Å². The second kappa shape index (κ2) is 3.41. The average molecular weight is 156 g/mol. The molecule has 0 aromatic heterocycles. The van der Waals surface area contributed by atoms with Crippen LogP contribution in [0.15, 0.2) is 12.2 Å². The normalized spacial score (nSPS) is 18.3. The molecule has 0 saturated carbocycles. The van der Waals surface area contributed by atoms with Gasteiger partial charge < -0.3 is 9.47 Å². The van der Waals surface area contributed by atoms with E-state index in [0.29, 0.717) is 0 Å². The third-order valence-corrected chi connectivity index (χ3v) is 1.28. The molecule has 4 nitrogen and oxygen atoms in total. The van der Waals surface area contributed by atoms with Gasteiger partial charge in [0.2, 0.25) is 0 Å². The Hall–Kier alpha value is -1.00. The van der Waals surface area contributed by atoms with E-state index in [1.54, 1.807) is 0 Å². The zero-order valence-electron chi connectivity index (χ0n) is 6.07. The molecule has 0 radical (unpaired) electrons. The minimum Gasteiger partial charge on any atom is -0.359 e. The van der Waals surface area contributed by atoms with Crippen molar-refractivity contribution >= 4 is 11.6 Å². The molecular formula is C7H8O4. The maximum absolute atomic E-state index is 10.8. The molecule has 1 rings (SSSR count). The van der Waals surface area contributed by atoms with Crippen molar-refractivity contribution in [2.75, 3.05) is 13.9 Å². The lowest BCUT2D eigenvalue weighted by atomic mass is 10.2. The van der Waals surface area contributed by atoms with Crippen molar-refractivity contribution in [1.29, 1.82) is 0 Å². The molecule has 1 aliphatic carbocycles. The number of rotatable bonds is 3. The first-order chi connectivity index (χ1) is 5.25. The van der Waals surface area contributed by atoms with E-state index in [1.165, 1.54) is 19.3 Å². The summed E-state index contributed by atoms with van der Waals surface area (Å²) in [7, 11) is 1.43. The van der Waals surface area contributed by atoms with Crippen LogP contribution in [0.3, 0.4) is 0 Å². The summed E-state index contributed by atoms with van der Waals surface area (Å²) in [6, 6.07) is 0. The van der Waals surface area contributed by atoms with E-state index in [-0.39, 0.29) is 18.4 Å². The lowest BCUT2D eigenvalue weighted by Crippen LogP contribution is -2.26. The molecule has 0 aromatic carbocycles. The van der Waals surface area contributed by atoms with Crippen LogP contribution in [0.1, 0.15) is 0 Å². The monoisotopic (exact) mass is 156 g/mol. The second-order valence-corrected chi connectivity index (χ2v) is 2.09. The van der Waals surface area contributed by atoms with Gasteiger partial charge in [0, 0.05) is 7.11 Å².